The van der Waals surface area contributed by atoms with Gasteiger partial charge >= 0.3 is 11.9 Å². The van der Waals surface area contributed by atoms with Gasteiger partial charge in [-0.15, -0.1) is 11.8 Å². The molecule has 1 aromatic rings. The number of aliphatic carboxylic acids is 2. The zero-order valence-electron chi connectivity index (χ0n) is 16.5. The van der Waals surface area contributed by atoms with Gasteiger partial charge in [-0.3, -0.25) is 39.7 Å². The Kier molecular flexibility index (Phi) is 6.48. The van der Waals surface area contributed by atoms with Crippen LogP contribution in [-0.2, 0) is 28.8 Å². The van der Waals surface area contributed by atoms with Crippen molar-refractivity contribution in [2.75, 3.05) is 5.75 Å². The van der Waals surface area contributed by atoms with Crippen molar-refractivity contribution >= 4 is 47.3 Å². The Morgan fingerprint density at radius 1 is 1.09 bits per heavy atom. The first-order chi connectivity index (χ1) is 15.1. The summed E-state index contributed by atoms with van der Waals surface area (Å²) in [6.45, 7) is 1.14. The summed E-state index contributed by atoms with van der Waals surface area (Å²) >= 11 is 1.02. The highest BCUT2D eigenvalue weighted by atomic mass is 32.2. The number of fused-ring (bicyclic) bond motifs is 1. The zero-order valence-corrected chi connectivity index (χ0v) is 17.3. The SMILES string of the molecule is CC(=O)NNC(=O)C1=C(C(=O)O)N2C(=O)C(NC(=O)C(C(=O)O)c3ccccc3)[C@H]2SC1. The van der Waals surface area contributed by atoms with Crippen LogP contribution in [0.1, 0.15) is 18.4 Å². The van der Waals surface area contributed by atoms with Gasteiger partial charge in [-0.05, 0) is 5.56 Å². The van der Waals surface area contributed by atoms with Crippen molar-refractivity contribution in [1.82, 2.24) is 21.1 Å². The lowest BCUT2D eigenvalue weighted by atomic mass is 9.96. The van der Waals surface area contributed by atoms with E-state index in [1.54, 1.807) is 18.2 Å². The first-order valence-corrected chi connectivity index (χ1v) is 10.2. The van der Waals surface area contributed by atoms with E-state index in [0.717, 1.165) is 23.6 Å². The molecule has 0 spiro atoms. The molecular formula is C19H18N4O8S. The maximum absolute atomic E-state index is 12.7. The highest BCUT2D eigenvalue weighted by Gasteiger charge is 2.55. The second kappa shape index (κ2) is 9.09. The molecule has 3 rings (SSSR count). The van der Waals surface area contributed by atoms with E-state index >= 15 is 0 Å². The fraction of sp³-hybridized carbons (Fsp3) is 0.263. The van der Waals surface area contributed by atoms with Crippen LogP contribution in [0.15, 0.2) is 41.6 Å². The molecule has 0 aliphatic carbocycles. The van der Waals surface area contributed by atoms with Gasteiger partial charge in [0.1, 0.15) is 17.1 Å². The Balaban J connectivity index is 1.79. The van der Waals surface area contributed by atoms with E-state index in [9.17, 15) is 39.0 Å². The maximum Gasteiger partial charge on any atom is 0.353 e. The smallest absolute Gasteiger partial charge is 0.353 e. The van der Waals surface area contributed by atoms with Gasteiger partial charge in [-0.25, -0.2) is 4.79 Å². The second-order valence-electron chi connectivity index (χ2n) is 6.85. The normalized spacial score (nSPS) is 20.4. The Morgan fingerprint density at radius 3 is 2.31 bits per heavy atom. The molecule has 32 heavy (non-hydrogen) atoms. The van der Waals surface area contributed by atoms with Crippen LogP contribution >= 0.6 is 11.8 Å². The van der Waals surface area contributed by atoms with Crippen LogP contribution in [0.2, 0.25) is 0 Å². The fourth-order valence-electron chi connectivity index (χ4n) is 3.30. The third kappa shape index (κ3) is 4.27. The van der Waals surface area contributed by atoms with E-state index in [2.05, 4.69) is 10.7 Å². The molecule has 0 aromatic heterocycles. The third-order valence-electron chi connectivity index (χ3n) is 4.74. The van der Waals surface area contributed by atoms with E-state index < -0.39 is 58.6 Å². The quantitative estimate of drug-likeness (QED) is 0.196. The van der Waals surface area contributed by atoms with Gasteiger partial charge in [0.25, 0.3) is 11.8 Å². The summed E-state index contributed by atoms with van der Waals surface area (Å²) in [5.41, 5.74) is 3.51. The first kappa shape index (κ1) is 22.8. The second-order valence-corrected chi connectivity index (χ2v) is 7.95. The van der Waals surface area contributed by atoms with Gasteiger partial charge in [0, 0.05) is 12.7 Å². The number of thioether (sulfide) groups is 1. The van der Waals surface area contributed by atoms with Crippen LogP contribution in [0, 0.1) is 0 Å². The highest BCUT2D eigenvalue weighted by Crippen LogP contribution is 2.40. The first-order valence-electron chi connectivity index (χ1n) is 9.19. The van der Waals surface area contributed by atoms with Crippen molar-refractivity contribution in [3.8, 4) is 0 Å². The van der Waals surface area contributed by atoms with Gasteiger partial charge < -0.3 is 15.5 Å². The third-order valence-corrected chi connectivity index (χ3v) is 6.02. The molecule has 4 amide bonds. The van der Waals surface area contributed by atoms with Crippen molar-refractivity contribution in [3.63, 3.8) is 0 Å². The molecule has 168 valence electrons. The van der Waals surface area contributed by atoms with Gasteiger partial charge in [0.2, 0.25) is 11.8 Å². The monoisotopic (exact) mass is 462 g/mol. The summed E-state index contributed by atoms with van der Waals surface area (Å²) in [6, 6.07) is 6.58. The van der Waals surface area contributed by atoms with E-state index in [0.29, 0.717) is 0 Å². The Labute approximate surface area is 185 Å². The van der Waals surface area contributed by atoms with Gasteiger partial charge in [0.05, 0.1) is 5.57 Å². The van der Waals surface area contributed by atoms with Crippen LogP contribution in [0.4, 0.5) is 0 Å². The average molecular weight is 462 g/mol. The van der Waals surface area contributed by atoms with Crippen LogP contribution < -0.4 is 16.2 Å². The number of benzene rings is 1. The highest BCUT2D eigenvalue weighted by molar-refractivity contribution is 8.00. The Hall–Kier alpha value is -3.87. The number of hydrogen-bond acceptors (Lipinski definition) is 7. The van der Waals surface area contributed by atoms with Crippen molar-refractivity contribution in [1.29, 1.82) is 0 Å². The lowest BCUT2D eigenvalue weighted by Gasteiger charge is -2.49. The largest absolute Gasteiger partial charge is 0.480 e. The summed E-state index contributed by atoms with van der Waals surface area (Å²) in [4.78, 5) is 72.8. The molecule has 12 nitrogen and oxygen atoms in total. The number of hydrogen-bond donors (Lipinski definition) is 5. The van der Waals surface area contributed by atoms with E-state index in [1.807, 2.05) is 5.43 Å². The summed E-state index contributed by atoms with van der Waals surface area (Å²) in [6.07, 6.45) is 0. The summed E-state index contributed by atoms with van der Waals surface area (Å²) in [5, 5.41) is 20.6. The Bertz CT molecular complexity index is 1040. The molecule has 3 atom stereocenters. The number of carbonyl (C=O) groups is 6. The van der Waals surface area contributed by atoms with Crippen molar-refractivity contribution in [2.24, 2.45) is 0 Å². The average Bonchev–Trinajstić information content (AvgIpc) is 2.75. The minimum absolute atomic E-state index is 0.116. The molecular weight excluding hydrogens is 444 g/mol. The molecule has 2 heterocycles. The van der Waals surface area contributed by atoms with Crippen molar-refractivity contribution < 1.29 is 39.0 Å². The number of hydrazine groups is 1. The molecule has 5 N–H and O–H groups in total. The predicted molar refractivity (Wildman–Crippen MR) is 108 cm³/mol. The topological polar surface area (TPSA) is 182 Å². The van der Waals surface area contributed by atoms with Gasteiger partial charge in [-0.2, -0.15) is 0 Å². The number of nitrogens with one attached hydrogen (secondary N) is 3. The number of amides is 4. The number of nitrogens with zero attached hydrogens (tertiary/aromatic N) is 1. The lowest BCUT2D eigenvalue weighted by Crippen LogP contribution is -2.71. The molecule has 2 aliphatic heterocycles. The minimum Gasteiger partial charge on any atom is -0.480 e. The maximum atomic E-state index is 12.7. The lowest BCUT2D eigenvalue weighted by molar-refractivity contribution is -0.152. The standard InChI is InChI=1S/C19H18N4O8S/c1-8(24)21-22-14(25)10-7-32-17-12(16(27)23(17)13(10)19(30)31)20-15(26)11(18(28)29)9-5-3-2-4-6-9/h2-6,11-12,17H,7H2,1H3,(H,20,26)(H,21,24)(H,22,25)(H,28,29)(H,30,31)/t11?,12?,17-/m1/s1. The fourth-order valence-corrected chi connectivity index (χ4v) is 4.64. The van der Waals surface area contributed by atoms with E-state index in [1.165, 1.54) is 12.1 Å². The van der Waals surface area contributed by atoms with Crippen LogP contribution in [0.5, 0.6) is 0 Å². The van der Waals surface area contributed by atoms with Crippen molar-refractivity contribution in [2.45, 2.75) is 24.3 Å². The molecule has 1 saturated heterocycles. The predicted octanol–water partition coefficient (Wildman–Crippen LogP) is -1.24. The molecule has 13 heteroatoms. The summed E-state index contributed by atoms with van der Waals surface area (Å²) < 4.78 is 0. The molecule has 1 aromatic carbocycles. The molecule has 2 unspecified atom stereocenters. The molecule has 1 fully saturated rings. The van der Waals surface area contributed by atoms with Crippen LogP contribution in [-0.4, -0.2) is 67.8 Å². The summed E-state index contributed by atoms with van der Waals surface area (Å²) in [7, 11) is 0. The van der Waals surface area contributed by atoms with E-state index in [-0.39, 0.29) is 16.9 Å². The van der Waals surface area contributed by atoms with E-state index in [4.69, 9.17) is 0 Å². The Morgan fingerprint density at radius 2 is 1.75 bits per heavy atom. The molecule has 2 aliphatic rings. The van der Waals surface area contributed by atoms with Gasteiger partial charge in [0.15, 0.2) is 5.92 Å². The number of carboxylic acid groups (broad SMARTS) is 2. The van der Waals surface area contributed by atoms with Crippen LogP contribution in [0.25, 0.3) is 0 Å². The molecule has 0 radical (unpaired) electrons. The number of carboxylic acids is 2. The molecule has 0 saturated carbocycles. The molecule has 0 bridgehead atoms. The van der Waals surface area contributed by atoms with Gasteiger partial charge in [-0.1, -0.05) is 30.3 Å². The number of rotatable bonds is 6. The zero-order chi connectivity index (χ0) is 23.6. The van der Waals surface area contributed by atoms with Crippen molar-refractivity contribution in [3.05, 3.63) is 47.2 Å². The number of β-lactam (4-membered cyclic amide) rings is 1. The van der Waals surface area contributed by atoms with Crippen LogP contribution in [0.3, 0.4) is 0 Å². The summed E-state index contributed by atoms with van der Waals surface area (Å²) in [5.74, 6) is -7.79. The number of carbonyl (C=O) groups excluding carboxylic acids is 4. The minimum atomic E-state index is -1.56.